The highest BCUT2D eigenvalue weighted by atomic mass is 16.5. The summed E-state index contributed by atoms with van der Waals surface area (Å²) in [6, 6.07) is 19.7. The second-order valence-electron chi connectivity index (χ2n) is 8.02. The molecule has 0 bridgehead atoms. The number of nitrogens with zero attached hydrogens (tertiary/aromatic N) is 2. The molecule has 0 N–H and O–H groups in total. The minimum absolute atomic E-state index is 0.178. The van der Waals surface area contributed by atoms with E-state index in [4.69, 9.17) is 14.2 Å². The predicted octanol–water partition coefficient (Wildman–Crippen LogP) is 4.93. The fourth-order valence-electron chi connectivity index (χ4n) is 3.85. The number of rotatable bonds is 6. The smallest absolute Gasteiger partial charge is 0.343 e. The molecule has 3 aromatic rings. The lowest BCUT2D eigenvalue weighted by Gasteiger charge is -2.20. The summed E-state index contributed by atoms with van der Waals surface area (Å²) >= 11 is 0. The molecular formula is C27H26N2O5. The topological polar surface area (TPSA) is 77.4 Å². The zero-order chi connectivity index (χ0) is 24.2. The Balaban J connectivity index is 1.67. The third-order valence-corrected chi connectivity index (χ3v) is 5.72. The Kier molecular flexibility index (Phi) is 6.63. The van der Waals surface area contributed by atoms with Crippen molar-refractivity contribution in [1.29, 1.82) is 0 Å². The van der Waals surface area contributed by atoms with Crippen LogP contribution in [0.5, 0.6) is 17.2 Å². The summed E-state index contributed by atoms with van der Waals surface area (Å²) in [7, 11) is 3.15. The van der Waals surface area contributed by atoms with Gasteiger partial charge in [-0.3, -0.25) is 4.79 Å². The van der Waals surface area contributed by atoms with Gasteiger partial charge in [0.05, 0.1) is 31.5 Å². The zero-order valence-electron chi connectivity index (χ0n) is 19.6. The summed E-state index contributed by atoms with van der Waals surface area (Å²) in [4.78, 5) is 25.2. The van der Waals surface area contributed by atoms with Crippen molar-refractivity contribution in [2.75, 3.05) is 14.2 Å². The summed E-state index contributed by atoms with van der Waals surface area (Å²) < 4.78 is 16.4. The first kappa shape index (κ1) is 23.0. The molecule has 0 aliphatic carbocycles. The molecule has 7 heteroatoms. The van der Waals surface area contributed by atoms with Crippen LogP contribution in [-0.2, 0) is 4.79 Å². The maximum Gasteiger partial charge on any atom is 0.343 e. The minimum Gasteiger partial charge on any atom is -0.497 e. The van der Waals surface area contributed by atoms with Crippen LogP contribution in [0.1, 0.15) is 46.4 Å². The summed E-state index contributed by atoms with van der Waals surface area (Å²) in [6.07, 6.45) is 0.466. The molecular weight excluding hydrogens is 432 g/mol. The number of hydrogen-bond acceptors (Lipinski definition) is 6. The number of aryl methyl sites for hydroxylation is 1. The van der Waals surface area contributed by atoms with Crippen LogP contribution in [-0.4, -0.2) is 36.8 Å². The number of benzene rings is 3. The number of methoxy groups -OCH3 is 2. The Morgan fingerprint density at radius 3 is 2.18 bits per heavy atom. The van der Waals surface area contributed by atoms with E-state index in [1.807, 2.05) is 43.3 Å². The molecule has 1 heterocycles. The first-order valence-corrected chi connectivity index (χ1v) is 10.9. The molecule has 34 heavy (non-hydrogen) atoms. The molecule has 0 fully saturated rings. The molecule has 0 saturated carbocycles. The predicted molar refractivity (Wildman–Crippen MR) is 129 cm³/mol. The summed E-state index contributed by atoms with van der Waals surface area (Å²) in [6.45, 7) is 3.43. The Morgan fingerprint density at radius 1 is 0.912 bits per heavy atom. The van der Waals surface area contributed by atoms with Crippen LogP contribution in [0.3, 0.4) is 0 Å². The Morgan fingerprint density at radius 2 is 1.56 bits per heavy atom. The molecule has 1 aliphatic heterocycles. The van der Waals surface area contributed by atoms with E-state index in [1.54, 1.807) is 44.6 Å². The molecule has 1 unspecified atom stereocenters. The number of hydrogen-bond donors (Lipinski definition) is 0. The second-order valence-corrected chi connectivity index (χ2v) is 8.02. The molecule has 7 nitrogen and oxygen atoms in total. The van der Waals surface area contributed by atoms with Gasteiger partial charge in [-0.15, -0.1) is 0 Å². The fraction of sp³-hybridized carbons (Fsp3) is 0.222. The zero-order valence-corrected chi connectivity index (χ0v) is 19.6. The van der Waals surface area contributed by atoms with Gasteiger partial charge in [-0.05, 0) is 48.9 Å². The van der Waals surface area contributed by atoms with E-state index < -0.39 is 5.97 Å². The summed E-state index contributed by atoms with van der Waals surface area (Å²) in [5.41, 5.74) is 3.69. The Hall–Kier alpha value is -4.13. The third-order valence-electron chi connectivity index (χ3n) is 5.72. The lowest BCUT2D eigenvalue weighted by atomic mass is 9.97. The van der Waals surface area contributed by atoms with Crippen molar-refractivity contribution in [1.82, 2.24) is 5.01 Å². The standard InChI is InChI=1S/C27H26N2O5/c1-17-5-7-20(8-6-17)27(31)34-26-15-22(33-4)13-14-23(26)24-16-25(29(28-24)18(2)30)19-9-11-21(32-3)12-10-19/h5-15,25H,16H2,1-4H3. The molecule has 1 amide bonds. The van der Waals surface area contributed by atoms with Crippen LogP contribution >= 0.6 is 0 Å². The minimum atomic E-state index is -0.483. The van der Waals surface area contributed by atoms with Crippen molar-refractivity contribution in [3.63, 3.8) is 0 Å². The molecule has 0 saturated heterocycles. The third kappa shape index (κ3) is 4.78. The summed E-state index contributed by atoms with van der Waals surface area (Å²) in [5, 5.41) is 6.07. The maximum absolute atomic E-state index is 12.8. The number of carbonyl (C=O) groups is 2. The van der Waals surface area contributed by atoms with E-state index in [0.29, 0.717) is 34.8 Å². The second kappa shape index (κ2) is 9.79. The van der Waals surface area contributed by atoms with Gasteiger partial charge in [0.15, 0.2) is 0 Å². The average molecular weight is 459 g/mol. The summed E-state index contributed by atoms with van der Waals surface area (Å²) in [5.74, 6) is 0.940. The van der Waals surface area contributed by atoms with Crippen molar-refractivity contribution < 1.29 is 23.8 Å². The van der Waals surface area contributed by atoms with Crippen LogP contribution in [0, 0.1) is 6.92 Å². The lowest BCUT2D eigenvalue weighted by Crippen LogP contribution is -2.24. The largest absolute Gasteiger partial charge is 0.497 e. The van der Waals surface area contributed by atoms with Crippen LogP contribution in [0.2, 0.25) is 0 Å². The van der Waals surface area contributed by atoms with E-state index in [9.17, 15) is 9.59 Å². The highest BCUT2D eigenvalue weighted by molar-refractivity contribution is 6.06. The van der Waals surface area contributed by atoms with Gasteiger partial charge in [-0.1, -0.05) is 29.8 Å². The van der Waals surface area contributed by atoms with E-state index in [0.717, 1.165) is 16.9 Å². The van der Waals surface area contributed by atoms with Crippen molar-refractivity contribution in [3.05, 3.63) is 89.0 Å². The monoisotopic (exact) mass is 458 g/mol. The number of hydrazone groups is 1. The number of ether oxygens (including phenoxy) is 3. The molecule has 0 radical (unpaired) electrons. The number of carbonyl (C=O) groups excluding carboxylic acids is 2. The molecule has 1 aliphatic rings. The van der Waals surface area contributed by atoms with Gasteiger partial charge in [0.1, 0.15) is 17.2 Å². The molecule has 3 aromatic carbocycles. The van der Waals surface area contributed by atoms with Crippen LogP contribution < -0.4 is 14.2 Å². The van der Waals surface area contributed by atoms with Gasteiger partial charge in [-0.2, -0.15) is 5.10 Å². The first-order valence-electron chi connectivity index (χ1n) is 10.9. The van der Waals surface area contributed by atoms with Gasteiger partial charge in [-0.25, -0.2) is 9.80 Å². The van der Waals surface area contributed by atoms with Crippen LogP contribution in [0.4, 0.5) is 0 Å². The lowest BCUT2D eigenvalue weighted by molar-refractivity contribution is -0.130. The average Bonchev–Trinajstić information content (AvgIpc) is 3.30. The fourth-order valence-corrected chi connectivity index (χ4v) is 3.85. The first-order chi connectivity index (χ1) is 16.4. The molecule has 0 aromatic heterocycles. The Labute approximate surface area is 198 Å². The van der Waals surface area contributed by atoms with Gasteiger partial charge < -0.3 is 14.2 Å². The molecule has 4 rings (SSSR count). The van der Waals surface area contributed by atoms with Gasteiger partial charge >= 0.3 is 5.97 Å². The van der Waals surface area contributed by atoms with Crippen molar-refractivity contribution in [2.45, 2.75) is 26.3 Å². The quantitative estimate of drug-likeness (QED) is 0.387. The normalized spacial score (nSPS) is 15.0. The van der Waals surface area contributed by atoms with Crippen molar-refractivity contribution in [2.24, 2.45) is 5.10 Å². The van der Waals surface area contributed by atoms with E-state index >= 15 is 0 Å². The van der Waals surface area contributed by atoms with Gasteiger partial charge in [0, 0.05) is 25.0 Å². The molecule has 174 valence electrons. The van der Waals surface area contributed by atoms with Crippen LogP contribution in [0.15, 0.2) is 71.8 Å². The van der Waals surface area contributed by atoms with E-state index in [2.05, 4.69) is 5.10 Å². The van der Waals surface area contributed by atoms with Gasteiger partial charge in [0.2, 0.25) is 5.91 Å². The highest BCUT2D eigenvalue weighted by Crippen LogP contribution is 2.37. The van der Waals surface area contributed by atoms with E-state index in [-0.39, 0.29) is 11.9 Å². The number of esters is 1. The van der Waals surface area contributed by atoms with E-state index in [1.165, 1.54) is 11.9 Å². The van der Waals surface area contributed by atoms with Gasteiger partial charge in [0.25, 0.3) is 0 Å². The SMILES string of the molecule is COc1ccc(C2CC(c3ccc(OC)cc3OC(=O)c3ccc(C)cc3)=NN2C(C)=O)cc1. The number of amides is 1. The van der Waals surface area contributed by atoms with Crippen LogP contribution in [0.25, 0.3) is 0 Å². The van der Waals surface area contributed by atoms with Crippen molar-refractivity contribution in [3.8, 4) is 17.2 Å². The molecule has 0 spiro atoms. The van der Waals surface area contributed by atoms with Crippen molar-refractivity contribution >= 4 is 17.6 Å². The highest BCUT2D eigenvalue weighted by Gasteiger charge is 2.33. The Bertz CT molecular complexity index is 1230. The molecule has 1 atom stereocenters. The maximum atomic E-state index is 12.8.